The number of nitrogens with zero attached hydrogens (tertiary/aromatic N) is 1. The van der Waals surface area contributed by atoms with Gasteiger partial charge in [-0.15, -0.1) is 0 Å². The molecule has 0 aromatic heterocycles. The largest absolute Gasteiger partial charge is 0.418 e. The fraction of sp³-hybridized carbons (Fsp3) is 0.300. The molecule has 0 saturated heterocycles. The molecule has 2 aromatic rings. The van der Waals surface area contributed by atoms with Gasteiger partial charge in [-0.1, -0.05) is 19.1 Å². The van der Waals surface area contributed by atoms with E-state index >= 15 is 0 Å². The van der Waals surface area contributed by atoms with Gasteiger partial charge in [-0.3, -0.25) is 14.5 Å². The molecule has 2 amide bonds. The Morgan fingerprint density at radius 2 is 1.70 bits per heavy atom. The second-order valence-electron chi connectivity index (χ2n) is 6.45. The Kier molecular flexibility index (Phi) is 7.49. The number of carbonyl (C=O) groups excluding carboxylic acids is 2. The molecule has 0 aliphatic carbocycles. The summed E-state index contributed by atoms with van der Waals surface area (Å²) in [5.74, 6) is -3.52. The zero-order valence-corrected chi connectivity index (χ0v) is 16.2. The number of hydrogen-bond donors (Lipinski definition) is 2. The second-order valence-corrected chi connectivity index (χ2v) is 6.45. The van der Waals surface area contributed by atoms with Crippen LogP contribution in [0.1, 0.15) is 19.4 Å². The van der Waals surface area contributed by atoms with Gasteiger partial charge in [0.25, 0.3) is 0 Å². The lowest BCUT2D eigenvalue weighted by molar-refractivity contribution is -0.137. The summed E-state index contributed by atoms with van der Waals surface area (Å²) in [4.78, 5) is 26.1. The quantitative estimate of drug-likeness (QED) is 0.647. The maximum Gasteiger partial charge on any atom is 0.418 e. The van der Waals surface area contributed by atoms with Crippen LogP contribution in [0.3, 0.4) is 0 Å². The van der Waals surface area contributed by atoms with Gasteiger partial charge in [0, 0.05) is 11.8 Å². The highest BCUT2D eigenvalue weighted by Gasteiger charge is 2.33. The number of hydrogen-bond acceptors (Lipinski definition) is 3. The fourth-order valence-electron chi connectivity index (χ4n) is 2.72. The zero-order chi connectivity index (χ0) is 22.5. The Labute approximate surface area is 169 Å². The highest BCUT2D eigenvalue weighted by molar-refractivity contribution is 5.96. The number of para-hydroxylation sites is 1. The molecule has 2 aromatic carbocycles. The topological polar surface area (TPSA) is 61.4 Å². The van der Waals surface area contributed by atoms with Crippen LogP contribution in [0.2, 0.25) is 0 Å². The van der Waals surface area contributed by atoms with Crippen molar-refractivity contribution in [3.8, 4) is 0 Å². The van der Waals surface area contributed by atoms with Crippen LogP contribution in [0.5, 0.6) is 0 Å². The van der Waals surface area contributed by atoms with E-state index < -0.39 is 41.2 Å². The maximum atomic E-state index is 13.3. The molecule has 0 aliphatic heterocycles. The summed E-state index contributed by atoms with van der Waals surface area (Å²) in [6, 6.07) is 6.55. The number of amides is 2. The number of alkyl halides is 3. The minimum atomic E-state index is -4.63. The Bertz CT molecular complexity index is 918. The zero-order valence-electron chi connectivity index (χ0n) is 16.2. The lowest BCUT2D eigenvalue weighted by Gasteiger charge is -2.26. The van der Waals surface area contributed by atoms with E-state index in [4.69, 9.17) is 0 Å². The third kappa shape index (κ3) is 5.99. The van der Waals surface area contributed by atoms with Crippen LogP contribution in [0.15, 0.2) is 42.5 Å². The molecule has 5 nitrogen and oxygen atoms in total. The monoisotopic (exact) mass is 429 g/mol. The van der Waals surface area contributed by atoms with E-state index in [1.54, 1.807) is 6.92 Å². The molecule has 0 spiro atoms. The highest BCUT2D eigenvalue weighted by atomic mass is 19.4. The summed E-state index contributed by atoms with van der Waals surface area (Å²) in [6.45, 7) is 3.03. The molecule has 0 aliphatic rings. The molecular weight excluding hydrogens is 409 g/mol. The first-order chi connectivity index (χ1) is 14.0. The lowest BCUT2D eigenvalue weighted by Crippen LogP contribution is -2.45. The fourth-order valence-corrected chi connectivity index (χ4v) is 2.72. The van der Waals surface area contributed by atoms with Gasteiger partial charge in [-0.25, -0.2) is 8.78 Å². The van der Waals surface area contributed by atoms with E-state index in [0.29, 0.717) is 0 Å². The molecule has 1 unspecified atom stereocenters. The smallest absolute Gasteiger partial charge is 0.325 e. The molecule has 0 fully saturated rings. The highest BCUT2D eigenvalue weighted by Crippen LogP contribution is 2.34. The number of likely N-dealkylation sites (N-methyl/N-ethyl adjacent to an activating group) is 1. The van der Waals surface area contributed by atoms with E-state index in [-0.39, 0.29) is 24.5 Å². The Hall–Kier alpha value is -3.01. The second kappa shape index (κ2) is 9.66. The lowest BCUT2D eigenvalue weighted by atomic mass is 10.1. The van der Waals surface area contributed by atoms with Crippen molar-refractivity contribution in [3.63, 3.8) is 0 Å². The van der Waals surface area contributed by atoms with Gasteiger partial charge in [0.1, 0.15) is 0 Å². The summed E-state index contributed by atoms with van der Waals surface area (Å²) in [7, 11) is 0. The van der Waals surface area contributed by atoms with Crippen molar-refractivity contribution in [1.29, 1.82) is 0 Å². The molecule has 10 heteroatoms. The van der Waals surface area contributed by atoms with Crippen molar-refractivity contribution in [1.82, 2.24) is 4.90 Å². The molecule has 0 bridgehead atoms. The average Bonchev–Trinajstić information content (AvgIpc) is 2.68. The van der Waals surface area contributed by atoms with Gasteiger partial charge in [-0.05, 0) is 37.7 Å². The number of rotatable bonds is 7. The van der Waals surface area contributed by atoms with Gasteiger partial charge in [0.15, 0.2) is 11.6 Å². The van der Waals surface area contributed by atoms with E-state index in [9.17, 15) is 31.5 Å². The molecule has 1 atom stereocenters. The van der Waals surface area contributed by atoms with Crippen LogP contribution in [0, 0.1) is 11.6 Å². The predicted molar refractivity (Wildman–Crippen MR) is 102 cm³/mol. The van der Waals surface area contributed by atoms with Gasteiger partial charge < -0.3 is 10.6 Å². The van der Waals surface area contributed by atoms with E-state index in [0.717, 1.165) is 24.3 Å². The van der Waals surface area contributed by atoms with Crippen LogP contribution >= 0.6 is 0 Å². The first kappa shape index (κ1) is 23.3. The molecule has 2 rings (SSSR count). The maximum absolute atomic E-state index is 13.3. The number of anilines is 2. The SMILES string of the molecule is CCN(CC(=O)Nc1ccccc1C(F)(F)F)C(C)C(=O)Nc1ccc(F)c(F)c1. The van der Waals surface area contributed by atoms with E-state index in [2.05, 4.69) is 10.6 Å². The Morgan fingerprint density at radius 1 is 1.03 bits per heavy atom. The van der Waals surface area contributed by atoms with Gasteiger partial charge in [0.05, 0.1) is 23.8 Å². The summed E-state index contributed by atoms with van der Waals surface area (Å²) in [5.41, 5.74) is -1.33. The van der Waals surface area contributed by atoms with Crippen molar-refractivity contribution in [3.05, 3.63) is 59.7 Å². The van der Waals surface area contributed by atoms with Crippen molar-refractivity contribution in [2.24, 2.45) is 0 Å². The molecular formula is C20H20F5N3O2. The molecule has 30 heavy (non-hydrogen) atoms. The minimum absolute atomic E-state index is 0.0327. The number of halogens is 5. The molecule has 0 heterocycles. The number of carbonyl (C=O) groups is 2. The van der Waals surface area contributed by atoms with Crippen molar-refractivity contribution < 1.29 is 31.5 Å². The van der Waals surface area contributed by atoms with E-state index in [1.165, 1.54) is 30.0 Å². The molecule has 162 valence electrons. The Balaban J connectivity index is 2.04. The van der Waals surface area contributed by atoms with Gasteiger partial charge >= 0.3 is 6.18 Å². The third-order valence-corrected chi connectivity index (χ3v) is 4.37. The predicted octanol–water partition coefficient (Wildman–Crippen LogP) is 4.27. The summed E-state index contributed by atoms with van der Waals surface area (Å²) >= 11 is 0. The van der Waals surface area contributed by atoms with Crippen LogP contribution in [-0.2, 0) is 15.8 Å². The van der Waals surface area contributed by atoms with Crippen LogP contribution < -0.4 is 10.6 Å². The standard InChI is InChI=1S/C20H20F5N3O2/c1-3-28(12(2)19(30)26-13-8-9-15(21)16(22)10-13)11-18(29)27-17-7-5-4-6-14(17)20(23,24)25/h4-10,12H,3,11H2,1-2H3,(H,26,30)(H,27,29). The summed E-state index contributed by atoms with van der Waals surface area (Å²) < 4.78 is 65.4. The van der Waals surface area contributed by atoms with Gasteiger partial charge in [-0.2, -0.15) is 13.2 Å². The molecule has 2 N–H and O–H groups in total. The van der Waals surface area contributed by atoms with Crippen molar-refractivity contribution in [2.75, 3.05) is 23.7 Å². The third-order valence-electron chi connectivity index (χ3n) is 4.37. The summed E-state index contributed by atoms with van der Waals surface area (Å²) in [5, 5.41) is 4.62. The number of benzene rings is 2. The average molecular weight is 429 g/mol. The first-order valence-corrected chi connectivity index (χ1v) is 8.99. The first-order valence-electron chi connectivity index (χ1n) is 8.99. The molecule has 0 saturated carbocycles. The Morgan fingerprint density at radius 3 is 2.30 bits per heavy atom. The summed E-state index contributed by atoms with van der Waals surface area (Å²) in [6.07, 6.45) is -4.63. The van der Waals surface area contributed by atoms with Crippen LogP contribution in [-0.4, -0.2) is 35.8 Å². The van der Waals surface area contributed by atoms with Gasteiger partial charge in [0.2, 0.25) is 11.8 Å². The van der Waals surface area contributed by atoms with Crippen LogP contribution in [0.4, 0.5) is 33.3 Å². The minimum Gasteiger partial charge on any atom is -0.325 e. The molecule has 0 radical (unpaired) electrons. The van der Waals surface area contributed by atoms with E-state index in [1.807, 2.05) is 0 Å². The van der Waals surface area contributed by atoms with Crippen molar-refractivity contribution in [2.45, 2.75) is 26.1 Å². The number of nitrogens with one attached hydrogen (secondary N) is 2. The normalized spacial score (nSPS) is 12.5. The van der Waals surface area contributed by atoms with Crippen LogP contribution in [0.25, 0.3) is 0 Å². The van der Waals surface area contributed by atoms with Crippen molar-refractivity contribution >= 4 is 23.2 Å².